The molecule has 0 aliphatic rings. The molecule has 0 amide bonds. The van der Waals surface area contributed by atoms with Gasteiger partial charge in [0.05, 0.1) is 6.54 Å². The molecule has 0 fully saturated rings. The van der Waals surface area contributed by atoms with Crippen molar-refractivity contribution in [2.75, 3.05) is 11.9 Å². The molecule has 0 bridgehead atoms. The van der Waals surface area contributed by atoms with Gasteiger partial charge in [0.2, 0.25) is 5.89 Å². The van der Waals surface area contributed by atoms with Crippen molar-refractivity contribution in [3.05, 3.63) is 36.0 Å². The van der Waals surface area contributed by atoms with Crippen LogP contribution in [0.1, 0.15) is 19.7 Å². The fraction of sp³-hybridized carbons (Fsp3) is 0.385. The van der Waals surface area contributed by atoms with Crippen LogP contribution in [0.2, 0.25) is 0 Å². The first-order valence-electron chi connectivity index (χ1n) is 6.19. The Bertz CT molecular complexity index is 527. The van der Waals surface area contributed by atoms with Crippen molar-refractivity contribution in [3.8, 4) is 0 Å². The zero-order valence-electron chi connectivity index (χ0n) is 11.0. The summed E-state index contributed by atoms with van der Waals surface area (Å²) in [6.07, 6.45) is 0. The highest BCUT2D eigenvalue weighted by molar-refractivity contribution is 5.51. The van der Waals surface area contributed by atoms with Crippen molar-refractivity contribution in [2.45, 2.75) is 20.4 Å². The van der Waals surface area contributed by atoms with Gasteiger partial charge in [0.1, 0.15) is 5.82 Å². The maximum absolute atomic E-state index is 13.0. The summed E-state index contributed by atoms with van der Waals surface area (Å²) >= 11 is 0. The first-order valence-corrected chi connectivity index (χ1v) is 6.19. The molecule has 1 heterocycles. The van der Waals surface area contributed by atoms with E-state index in [0.717, 1.165) is 6.54 Å². The van der Waals surface area contributed by atoms with Crippen molar-refractivity contribution in [2.24, 2.45) is 5.92 Å². The highest BCUT2D eigenvalue weighted by Gasteiger charge is 2.06. The maximum atomic E-state index is 13.0. The van der Waals surface area contributed by atoms with Gasteiger partial charge in [0.15, 0.2) is 0 Å². The quantitative estimate of drug-likeness (QED) is 0.840. The summed E-state index contributed by atoms with van der Waals surface area (Å²) in [6, 6.07) is 6.33. The van der Waals surface area contributed by atoms with Gasteiger partial charge in [0.25, 0.3) is 0 Å². The van der Waals surface area contributed by atoms with Crippen LogP contribution in [0.4, 0.5) is 16.1 Å². The third kappa shape index (κ3) is 4.33. The van der Waals surface area contributed by atoms with Crippen LogP contribution in [0, 0.1) is 11.7 Å². The standard InChI is InChI=1S/C13H17FN4O/c1-9(2)7-15-8-12-17-18-13(19-12)16-11-5-3-4-10(14)6-11/h3-6,9,15H,7-8H2,1-2H3,(H,16,18). The van der Waals surface area contributed by atoms with Gasteiger partial charge in [-0.3, -0.25) is 0 Å². The van der Waals surface area contributed by atoms with Gasteiger partial charge in [-0.2, -0.15) is 0 Å². The smallest absolute Gasteiger partial charge is 0.320 e. The minimum absolute atomic E-state index is 0.256. The molecule has 1 aromatic heterocycles. The number of halogens is 1. The summed E-state index contributed by atoms with van der Waals surface area (Å²) in [5.41, 5.74) is 0.574. The van der Waals surface area contributed by atoms with E-state index in [4.69, 9.17) is 4.42 Å². The average molecular weight is 264 g/mol. The van der Waals surface area contributed by atoms with Crippen LogP contribution >= 0.6 is 0 Å². The van der Waals surface area contributed by atoms with Crippen molar-refractivity contribution in [3.63, 3.8) is 0 Å². The number of hydrogen-bond donors (Lipinski definition) is 2. The Labute approximate surface area is 111 Å². The summed E-state index contributed by atoms with van der Waals surface area (Å²) in [4.78, 5) is 0. The van der Waals surface area contributed by atoms with Crippen LogP contribution in [0.3, 0.4) is 0 Å². The Balaban J connectivity index is 1.90. The Morgan fingerprint density at radius 1 is 1.32 bits per heavy atom. The van der Waals surface area contributed by atoms with E-state index in [9.17, 15) is 4.39 Å². The number of anilines is 2. The molecule has 2 N–H and O–H groups in total. The molecule has 0 atom stereocenters. The van der Waals surface area contributed by atoms with Crippen molar-refractivity contribution < 1.29 is 8.81 Å². The zero-order valence-corrected chi connectivity index (χ0v) is 11.0. The molecule has 6 heteroatoms. The molecule has 102 valence electrons. The number of aromatic nitrogens is 2. The minimum atomic E-state index is -0.316. The van der Waals surface area contributed by atoms with Crippen molar-refractivity contribution >= 4 is 11.7 Å². The lowest BCUT2D eigenvalue weighted by Gasteiger charge is -2.03. The average Bonchev–Trinajstić information content (AvgIpc) is 2.76. The second-order valence-corrected chi connectivity index (χ2v) is 4.66. The lowest BCUT2D eigenvalue weighted by atomic mass is 10.2. The Morgan fingerprint density at radius 2 is 2.16 bits per heavy atom. The van der Waals surface area contributed by atoms with Gasteiger partial charge in [-0.1, -0.05) is 25.0 Å². The van der Waals surface area contributed by atoms with E-state index in [1.165, 1.54) is 12.1 Å². The van der Waals surface area contributed by atoms with E-state index in [2.05, 4.69) is 34.7 Å². The van der Waals surface area contributed by atoms with Crippen LogP contribution in [-0.4, -0.2) is 16.7 Å². The summed E-state index contributed by atoms with van der Waals surface area (Å²) in [5, 5.41) is 13.8. The number of benzene rings is 1. The van der Waals surface area contributed by atoms with Gasteiger partial charge >= 0.3 is 6.01 Å². The molecule has 2 rings (SSSR count). The SMILES string of the molecule is CC(C)CNCc1nnc(Nc2cccc(F)c2)o1. The van der Waals surface area contributed by atoms with Crippen molar-refractivity contribution in [1.29, 1.82) is 0 Å². The summed E-state index contributed by atoms with van der Waals surface area (Å²) < 4.78 is 18.4. The monoisotopic (exact) mass is 264 g/mol. The third-order valence-electron chi connectivity index (χ3n) is 2.37. The first-order chi connectivity index (χ1) is 9.13. The van der Waals surface area contributed by atoms with E-state index in [1.807, 2.05) is 0 Å². The minimum Gasteiger partial charge on any atom is -0.406 e. The van der Waals surface area contributed by atoms with Crippen LogP contribution in [-0.2, 0) is 6.54 Å². The molecule has 0 unspecified atom stereocenters. The van der Waals surface area contributed by atoms with E-state index in [-0.39, 0.29) is 11.8 Å². The molecule has 19 heavy (non-hydrogen) atoms. The summed E-state index contributed by atoms with van der Waals surface area (Å²) in [5.74, 6) is 0.746. The molecule has 0 saturated heterocycles. The molecule has 2 aromatic rings. The van der Waals surface area contributed by atoms with E-state index in [1.54, 1.807) is 12.1 Å². The molecule has 0 aliphatic heterocycles. The van der Waals surface area contributed by atoms with E-state index < -0.39 is 0 Å². The molecule has 5 nitrogen and oxygen atoms in total. The van der Waals surface area contributed by atoms with Gasteiger partial charge in [0, 0.05) is 5.69 Å². The van der Waals surface area contributed by atoms with Crippen LogP contribution in [0.25, 0.3) is 0 Å². The molecular weight excluding hydrogens is 247 g/mol. The van der Waals surface area contributed by atoms with Crippen LogP contribution in [0.15, 0.2) is 28.7 Å². The molecular formula is C13H17FN4O. The number of nitrogens with one attached hydrogen (secondary N) is 2. The highest BCUT2D eigenvalue weighted by Crippen LogP contribution is 2.15. The molecule has 0 radical (unpaired) electrons. The zero-order chi connectivity index (χ0) is 13.7. The van der Waals surface area contributed by atoms with Crippen molar-refractivity contribution in [1.82, 2.24) is 15.5 Å². The summed E-state index contributed by atoms with van der Waals surface area (Å²) in [7, 11) is 0. The molecule has 0 saturated carbocycles. The van der Waals surface area contributed by atoms with Gasteiger partial charge < -0.3 is 15.1 Å². The number of rotatable bonds is 6. The van der Waals surface area contributed by atoms with Gasteiger partial charge in [-0.15, -0.1) is 5.10 Å². The summed E-state index contributed by atoms with van der Waals surface area (Å²) in [6.45, 7) is 5.65. The van der Waals surface area contributed by atoms with E-state index >= 15 is 0 Å². The second kappa shape index (κ2) is 6.29. The fourth-order valence-corrected chi connectivity index (χ4v) is 1.53. The largest absolute Gasteiger partial charge is 0.406 e. The first kappa shape index (κ1) is 13.5. The number of hydrogen-bond acceptors (Lipinski definition) is 5. The third-order valence-corrected chi connectivity index (χ3v) is 2.37. The fourth-order valence-electron chi connectivity index (χ4n) is 1.53. The Morgan fingerprint density at radius 3 is 2.89 bits per heavy atom. The molecule has 0 aliphatic carbocycles. The van der Waals surface area contributed by atoms with Crippen LogP contribution < -0.4 is 10.6 Å². The van der Waals surface area contributed by atoms with Crippen LogP contribution in [0.5, 0.6) is 0 Å². The highest BCUT2D eigenvalue weighted by atomic mass is 19.1. The Hall–Kier alpha value is -1.95. The second-order valence-electron chi connectivity index (χ2n) is 4.66. The maximum Gasteiger partial charge on any atom is 0.320 e. The van der Waals surface area contributed by atoms with Gasteiger partial charge in [-0.25, -0.2) is 4.39 Å². The topological polar surface area (TPSA) is 63.0 Å². The normalized spacial score (nSPS) is 10.9. The number of nitrogens with zero attached hydrogens (tertiary/aromatic N) is 2. The predicted molar refractivity (Wildman–Crippen MR) is 70.5 cm³/mol. The van der Waals surface area contributed by atoms with Gasteiger partial charge in [-0.05, 0) is 30.7 Å². The molecule has 0 spiro atoms. The lowest BCUT2D eigenvalue weighted by Crippen LogP contribution is -2.19. The predicted octanol–water partition coefficient (Wildman–Crippen LogP) is 2.70. The molecule has 1 aromatic carbocycles. The Kier molecular flexibility index (Phi) is 4.46. The lowest BCUT2D eigenvalue weighted by molar-refractivity contribution is 0.460. The van der Waals surface area contributed by atoms with E-state index in [0.29, 0.717) is 24.0 Å².